The van der Waals surface area contributed by atoms with Crippen molar-refractivity contribution < 1.29 is 19.1 Å². The molecule has 0 aliphatic carbocycles. The highest BCUT2D eigenvalue weighted by atomic mass is 16.6. The second-order valence-corrected chi connectivity index (χ2v) is 8.66. The van der Waals surface area contributed by atoms with Crippen LogP contribution in [0, 0.1) is 6.92 Å². The third-order valence-corrected chi connectivity index (χ3v) is 6.02. The lowest BCUT2D eigenvalue weighted by molar-refractivity contribution is 0.0729. The van der Waals surface area contributed by atoms with E-state index < -0.39 is 5.97 Å². The number of fused-ring (bicyclic) bond motifs is 1. The largest absolute Gasteiger partial charge is 0.493 e. The van der Waals surface area contributed by atoms with Crippen LogP contribution in [0.15, 0.2) is 102 Å². The summed E-state index contributed by atoms with van der Waals surface area (Å²) in [7, 11) is 1.49. The molecule has 1 amide bonds. The first-order chi connectivity index (χ1) is 18.5. The smallest absolute Gasteiger partial charge is 0.343 e. The number of rotatable bonds is 7. The predicted octanol–water partition coefficient (Wildman–Crippen LogP) is 6.14. The van der Waals surface area contributed by atoms with E-state index in [0.717, 1.165) is 27.6 Å². The van der Waals surface area contributed by atoms with E-state index in [1.54, 1.807) is 42.5 Å². The van der Waals surface area contributed by atoms with Crippen LogP contribution in [0.1, 0.15) is 32.0 Å². The number of carbonyl (C=O) groups excluding carboxylic acids is 2. The molecule has 0 fully saturated rings. The van der Waals surface area contributed by atoms with Gasteiger partial charge in [-0.15, -0.1) is 0 Å². The van der Waals surface area contributed by atoms with Crippen LogP contribution in [0.5, 0.6) is 11.5 Å². The lowest BCUT2D eigenvalue weighted by Crippen LogP contribution is -2.18. The molecule has 7 heteroatoms. The number of nitrogens with zero attached hydrogens (tertiary/aromatic N) is 1. The summed E-state index contributed by atoms with van der Waals surface area (Å²) in [6.07, 6.45) is 1.50. The maximum absolute atomic E-state index is 13.2. The van der Waals surface area contributed by atoms with Gasteiger partial charge in [-0.05, 0) is 60.5 Å². The number of methoxy groups -OCH3 is 1. The third-order valence-electron chi connectivity index (χ3n) is 6.02. The molecule has 0 radical (unpaired) electrons. The topological polar surface area (TPSA) is 92.8 Å². The number of amides is 1. The standard InChI is InChI=1S/C31H25N3O4/c1-20-13-15-25-24(17-20)28(22-9-5-3-6-10-22)29(33-25)30(35)34-32-19-21-14-16-26(27(18-21)37-2)38-31(36)23-11-7-4-8-12-23/h3-19,33H,1-2H3,(H,34,35). The molecule has 0 bridgehead atoms. The molecule has 1 heterocycles. The zero-order valence-electron chi connectivity index (χ0n) is 20.9. The van der Waals surface area contributed by atoms with Crippen molar-refractivity contribution in [1.82, 2.24) is 10.4 Å². The van der Waals surface area contributed by atoms with Crippen LogP contribution in [-0.4, -0.2) is 30.2 Å². The summed E-state index contributed by atoms with van der Waals surface area (Å²) >= 11 is 0. The molecule has 188 valence electrons. The number of aryl methyl sites for hydroxylation is 1. The fourth-order valence-corrected chi connectivity index (χ4v) is 4.18. The van der Waals surface area contributed by atoms with Gasteiger partial charge in [-0.3, -0.25) is 4.79 Å². The van der Waals surface area contributed by atoms with Gasteiger partial charge in [-0.2, -0.15) is 5.10 Å². The van der Waals surface area contributed by atoms with Crippen molar-refractivity contribution in [1.29, 1.82) is 0 Å². The Kier molecular flexibility index (Phi) is 6.99. The lowest BCUT2D eigenvalue weighted by Gasteiger charge is -2.10. The first kappa shape index (κ1) is 24.5. The van der Waals surface area contributed by atoms with Gasteiger partial charge in [0.2, 0.25) is 0 Å². The quantitative estimate of drug-likeness (QED) is 0.121. The third kappa shape index (κ3) is 5.17. The van der Waals surface area contributed by atoms with Crippen LogP contribution in [0.4, 0.5) is 0 Å². The zero-order valence-corrected chi connectivity index (χ0v) is 20.9. The van der Waals surface area contributed by atoms with Crippen LogP contribution in [-0.2, 0) is 0 Å². The van der Waals surface area contributed by atoms with Gasteiger partial charge in [0, 0.05) is 16.5 Å². The maximum atomic E-state index is 13.2. The fraction of sp³-hybridized carbons (Fsp3) is 0.0645. The van der Waals surface area contributed by atoms with Gasteiger partial charge >= 0.3 is 5.97 Å². The number of aromatic nitrogens is 1. The van der Waals surface area contributed by atoms with Crippen molar-refractivity contribution in [3.05, 3.63) is 119 Å². The summed E-state index contributed by atoms with van der Waals surface area (Å²) < 4.78 is 10.9. The van der Waals surface area contributed by atoms with Crippen LogP contribution in [0.25, 0.3) is 22.0 Å². The van der Waals surface area contributed by atoms with Gasteiger partial charge < -0.3 is 14.5 Å². The molecule has 0 aliphatic heterocycles. The van der Waals surface area contributed by atoms with Crippen molar-refractivity contribution in [2.45, 2.75) is 6.92 Å². The summed E-state index contributed by atoms with van der Waals surface area (Å²) in [5.41, 5.74) is 7.85. The number of esters is 1. The highest BCUT2D eigenvalue weighted by Crippen LogP contribution is 2.33. The molecule has 0 atom stereocenters. The van der Waals surface area contributed by atoms with Crippen molar-refractivity contribution in [3.8, 4) is 22.6 Å². The number of aromatic amines is 1. The van der Waals surface area contributed by atoms with Gasteiger partial charge in [0.1, 0.15) is 5.69 Å². The molecule has 0 saturated carbocycles. The fourth-order valence-electron chi connectivity index (χ4n) is 4.18. The molecule has 1 aromatic heterocycles. The number of carbonyl (C=O) groups is 2. The van der Waals surface area contributed by atoms with Crippen LogP contribution >= 0.6 is 0 Å². The Morgan fingerprint density at radius 2 is 1.61 bits per heavy atom. The summed E-state index contributed by atoms with van der Waals surface area (Å²) in [5.74, 6) is -0.208. The van der Waals surface area contributed by atoms with Gasteiger partial charge in [-0.1, -0.05) is 60.2 Å². The maximum Gasteiger partial charge on any atom is 0.343 e. The Labute approximate surface area is 219 Å². The summed E-state index contributed by atoms with van der Waals surface area (Å²) in [6.45, 7) is 2.02. The van der Waals surface area contributed by atoms with E-state index in [1.807, 2.05) is 55.5 Å². The second kappa shape index (κ2) is 10.8. The molecule has 0 spiro atoms. The number of nitrogens with one attached hydrogen (secondary N) is 2. The van der Waals surface area contributed by atoms with E-state index >= 15 is 0 Å². The van der Waals surface area contributed by atoms with E-state index in [2.05, 4.69) is 21.6 Å². The summed E-state index contributed by atoms with van der Waals surface area (Å²) in [6, 6.07) is 29.5. The molecular weight excluding hydrogens is 478 g/mol. The van der Waals surface area contributed by atoms with Gasteiger partial charge in [0.25, 0.3) is 5.91 Å². The Bertz CT molecular complexity index is 1640. The van der Waals surface area contributed by atoms with Crippen molar-refractivity contribution in [2.24, 2.45) is 5.10 Å². The number of benzene rings is 4. The SMILES string of the molecule is COc1cc(C=NNC(=O)c2[nH]c3ccc(C)cc3c2-c2ccccc2)ccc1OC(=O)c1ccccc1. The lowest BCUT2D eigenvalue weighted by atomic mass is 10.0. The van der Waals surface area contributed by atoms with E-state index in [9.17, 15) is 9.59 Å². The molecule has 38 heavy (non-hydrogen) atoms. The minimum absolute atomic E-state index is 0.281. The minimum atomic E-state index is -0.486. The molecule has 4 aromatic carbocycles. The Morgan fingerprint density at radius 1 is 0.868 bits per heavy atom. The predicted molar refractivity (Wildman–Crippen MR) is 148 cm³/mol. The van der Waals surface area contributed by atoms with Crippen molar-refractivity contribution in [2.75, 3.05) is 7.11 Å². The monoisotopic (exact) mass is 503 g/mol. The van der Waals surface area contributed by atoms with Crippen molar-refractivity contribution in [3.63, 3.8) is 0 Å². The van der Waals surface area contributed by atoms with Crippen LogP contribution in [0.2, 0.25) is 0 Å². The molecule has 0 unspecified atom stereocenters. The highest BCUT2D eigenvalue weighted by Gasteiger charge is 2.19. The Hall–Kier alpha value is -5.17. The zero-order chi connectivity index (χ0) is 26.5. The van der Waals surface area contributed by atoms with Crippen LogP contribution < -0.4 is 14.9 Å². The molecule has 0 saturated heterocycles. The van der Waals surface area contributed by atoms with Gasteiger partial charge in [-0.25, -0.2) is 10.2 Å². The van der Waals surface area contributed by atoms with E-state index in [4.69, 9.17) is 9.47 Å². The number of hydrogen-bond acceptors (Lipinski definition) is 5. The van der Waals surface area contributed by atoms with E-state index in [-0.39, 0.29) is 11.7 Å². The molecule has 5 aromatic rings. The second-order valence-electron chi connectivity index (χ2n) is 8.66. The highest BCUT2D eigenvalue weighted by molar-refractivity contribution is 6.10. The Balaban J connectivity index is 1.35. The minimum Gasteiger partial charge on any atom is -0.493 e. The first-order valence-corrected chi connectivity index (χ1v) is 12.0. The molecule has 2 N–H and O–H groups in total. The first-order valence-electron chi connectivity index (χ1n) is 12.0. The number of hydrazone groups is 1. The van der Waals surface area contributed by atoms with E-state index in [0.29, 0.717) is 22.6 Å². The van der Waals surface area contributed by atoms with E-state index in [1.165, 1.54) is 13.3 Å². The summed E-state index contributed by atoms with van der Waals surface area (Å²) in [5, 5.41) is 5.11. The van der Waals surface area contributed by atoms with Crippen molar-refractivity contribution >= 4 is 29.0 Å². The molecule has 7 nitrogen and oxygen atoms in total. The average molecular weight is 504 g/mol. The number of H-pyrrole nitrogens is 1. The molecule has 5 rings (SSSR count). The van der Waals surface area contributed by atoms with Crippen LogP contribution in [0.3, 0.4) is 0 Å². The normalized spacial score (nSPS) is 11.0. The Morgan fingerprint density at radius 3 is 2.34 bits per heavy atom. The number of hydrogen-bond donors (Lipinski definition) is 2. The van der Waals surface area contributed by atoms with Gasteiger partial charge in [0.15, 0.2) is 11.5 Å². The number of ether oxygens (including phenoxy) is 2. The summed E-state index contributed by atoms with van der Waals surface area (Å²) in [4.78, 5) is 28.8. The van der Waals surface area contributed by atoms with Gasteiger partial charge in [0.05, 0.1) is 18.9 Å². The molecule has 0 aliphatic rings. The molecular formula is C31H25N3O4. The average Bonchev–Trinajstić information content (AvgIpc) is 3.33.